The molecule has 0 saturated carbocycles. The van der Waals surface area contributed by atoms with Crippen LogP contribution in [-0.2, 0) is 6.54 Å². The monoisotopic (exact) mass is 393 g/mol. The maximum atomic E-state index is 11.1. The van der Waals surface area contributed by atoms with Gasteiger partial charge in [0.1, 0.15) is 0 Å². The van der Waals surface area contributed by atoms with Gasteiger partial charge in [0, 0.05) is 18.5 Å². The second-order valence-electron chi connectivity index (χ2n) is 7.46. The average molecular weight is 394 g/mol. The molecule has 2 nitrogen and oxygen atoms in total. The highest BCUT2D eigenvalue weighted by Crippen LogP contribution is 2.36. The van der Waals surface area contributed by atoms with Crippen LogP contribution in [0, 0.1) is 0 Å². The van der Waals surface area contributed by atoms with Gasteiger partial charge in [0.2, 0.25) is 0 Å². The minimum absolute atomic E-state index is 0. The molecule has 28 heavy (non-hydrogen) atoms. The molecule has 1 aliphatic rings. The minimum Gasteiger partial charge on any atom is -0.391 e. The van der Waals surface area contributed by atoms with Crippen molar-refractivity contribution in [3.05, 3.63) is 108 Å². The summed E-state index contributed by atoms with van der Waals surface area (Å²) in [7, 11) is 0. The highest BCUT2D eigenvalue weighted by atomic mass is 35.5. The van der Waals surface area contributed by atoms with Crippen molar-refractivity contribution in [1.82, 2.24) is 4.90 Å². The number of likely N-dealkylation sites (tertiary alicyclic amines) is 1. The summed E-state index contributed by atoms with van der Waals surface area (Å²) >= 11 is 0. The number of halogens is 1. The fraction of sp³-hybridized carbons (Fsp3) is 0.280. The van der Waals surface area contributed by atoms with Crippen molar-refractivity contribution < 1.29 is 5.11 Å². The molecule has 0 radical (unpaired) electrons. The molecule has 0 spiro atoms. The van der Waals surface area contributed by atoms with Gasteiger partial charge < -0.3 is 5.11 Å². The minimum atomic E-state index is -0.326. The molecule has 2 atom stereocenters. The molecule has 3 aromatic rings. The van der Waals surface area contributed by atoms with Gasteiger partial charge in [0.25, 0.3) is 0 Å². The molecule has 1 heterocycles. The number of hydrogen-bond acceptors (Lipinski definition) is 2. The Bertz CT molecular complexity index is 785. The summed E-state index contributed by atoms with van der Waals surface area (Å²) in [5.74, 6) is 0.159. The van der Waals surface area contributed by atoms with Gasteiger partial charge in [0.05, 0.1) is 6.10 Å². The highest BCUT2D eigenvalue weighted by molar-refractivity contribution is 5.85. The lowest BCUT2D eigenvalue weighted by molar-refractivity contribution is -0.00132. The molecule has 3 heteroatoms. The van der Waals surface area contributed by atoms with E-state index in [9.17, 15) is 5.11 Å². The third-order valence-corrected chi connectivity index (χ3v) is 5.65. The third-order valence-electron chi connectivity index (χ3n) is 5.65. The fourth-order valence-corrected chi connectivity index (χ4v) is 4.41. The predicted octanol–water partition coefficient (Wildman–Crippen LogP) is 5.27. The summed E-state index contributed by atoms with van der Waals surface area (Å²) in [5.41, 5.74) is 3.84. The lowest BCUT2D eigenvalue weighted by Crippen LogP contribution is -2.51. The van der Waals surface area contributed by atoms with E-state index in [1.165, 1.54) is 16.7 Å². The first-order chi connectivity index (χ1) is 13.3. The number of rotatable bonds is 5. The van der Waals surface area contributed by atoms with E-state index in [1.807, 2.05) is 0 Å². The molecule has 4 rings (SSSR count). The van der Waals surface area contributed by atoms with Gasteiger partial charge in [-0.1, -0.05) is 91.0 Å². The molecule has 0 bridgehead atoms. The number of piperidine rings is 1. The van der Waals surface area contributed by atoms with Gasteiger partial charge in [0.15, 0.2) is 0 Å². The van der Waals surface area contributed by atoms with Crippen LogP contribution in [0.3, 0.4) is 0 Å². The van der Waals surface area contributed by atoms with E-state index < -0.39 is 0 Å². The van der Waals surface area contributed by atoms with Crippen LogP contribution < -0.4 is 0 Å². The first kappa shape index (κ1) is 20.6. The number of hydrogen-bond donors (Lipinski definition) is 1. The Morgan fingerprint density at radius 1 is 0.786 bits per heavy atom. The molecule has 0 aliphatic carbocycles. The maximum Gasteiger partial charge on any atom is 0.0705 e. The van der Waals surface area contributed by atoms with Gasteiger partial charge in [-0.25, -0.2) is 0 Å². The Hall–Kier alpha value is -2.13. The topological polar surface area (TPSA) is 23.5 Å². The van der Waals surface area contributed by atoms with Crippen LogP contribution in [0.5, 0.6) is 0 Å². The average Bonchev–Trinajstić information content (AvgIpc) is 2.73. The second-order valence-corrected chi connectivity index (χ2v) is 7.46. The van der Waals surface area contributed by atoms with Crippen molar-refractivity contribution in [2.45, 2.75) is 37.5 Å². The van der Waals surface area contributed by atoms with E-state index in [1.54, 1.807) is 0 Å². The predicted molar refractivity (Wildman–Crippen MR) is 118 cm³/mol. The quantitative estimate of drug-likeness (QED) is 0.638. The molecule has 0 amide bonds. The fourth-order valence-electron chi connectivity index (χ4n) is 4.41. The van der Waals surface area contributed by atoms with E-state index in [-0.39, 0.29) is 30.5 Å². The lowest BCUT2D eigenvalue weighted by Gasteiger charge is -2.44. The first-order valence-corrected chi connectivity index (χ1v) is 9.89. The van der Waals surface area contributed by atoms with Crippen LogP contribution in [0.1, 0.15) is 35.4 Å². The number of benzene rings is 3. The SMILES string of the molecule is Cl.OC1CCCN(Cc2ccccc2)C1C(c1ccccc1)c1ccccc1. The highest BCUT2D eigenvalue weighted by Gasteiger charge is 2.37. The third kappa shape index (κ3) is 4.64. The largest absolute Gasteiger partial charge is 0.391 e. The molecule has 0 aromatic heterocycles. The van der Waals surface area contributed by atoms with Crippen LogP contribution in [0.25, 0.3) is 0 Å². The summed E-state index contributed by atoms with van der Waals surface area (Å²) in [4.78, 5) is 2.48. The van der Waals surface area contributed by atoms with Crippen molar-refractivity contribution in [2.24, 2.45) is 0 Å². The van der Waals surface area contributed by atoms with Crippen LogP contribution in [-0.4, -0.2) is 28.7 Å². The van der Waals surface area contributed by atoms with Crippen LogP contribution >= 0.6 is 12.4 Å². The molecule has 2 unspecified atom stereocenters. The second kappa shape index (κ2) is 9.88. The Morgan fingerprint density at radius 3 is 1.82 bits per heavy atom. The van der Waals surface area contributed by atoms with Crippen molar-refractivity contribution >= 4 is 12.4 Å². The van der Waals surface area contributed by atoms with Gasteiger partial charge in [-0.2, -0.15) is 0 Å². The van der Waals surface area contributed by atoms with E-state index in [2.05, 4.69) is 95.9 Å². The molecular weight excluding hydrogens is 366 g/mol. The van der Waals surface area contributed by atoms with E-state index >= 15 is 0 Å². The molecular formula is C25H28ClNO. The summed E-state index contributed by atoms with van der Waals surface area (Å²) < 4.78 is 0. The molecule has 1 saturated heterocycles. The lowest BCUT2D eigenvalue weighted by atomic mass is 9.79. The molecule has 1 aliphatic heterocycles. The van der Waals surface area contributed by atoms with Gasteiger partial charge in [-0.3, -0.25) is 4.90 Å². The molecule has 146 valence electrons. The zero-order valence-electron chi connectivity index (χ0n) is 16.0. The summed E-state index contributed by atoms with van der Waals surface area (Å²) in [6.07, 6.45) is 1.58. The van der Waals surface area contributed by atoms with Crippen molar-refractivity contribution in [2.75, 3.05) is 6.54 Å². The Balaban J connectivity index is 0.00000225. The normalized spacial score (nSPS) is 19.9. The smallest absolute Gasteiger partial charge is 0.0705 e. The van der Waals surface area contributed by atoms with Crippen LogP contribution in [0.15, 0.2) is 91.0 Å². The Labute approximate surface area is 174 Å². The number of nitrogens with zero attached hydrogens (tertiary/aromatic N) is 1. The number of aliphatic hydroxyl groups is 1. The summed E-state index contributed by atoms with van der Waals surface area (Å²) in [5, 5.41) is 11.1. The zero-order chi connectivity index (χ0) is 18.5. The standard InChI is InChI=1S/C25H27NO.ClH/c27-23-17-10-18-26(19-20-11-4-1-5-12-20)25(23)24(21-13-6-2-7-14-21)22-15-8-3-9-16-22;/h1-9,11-16,23-25,27H,10,17-19H2;1H. The van der Waals surface area contributed by atoms with Crippen LogP contribution in [0.2, 0.25) is 0 Å². The van der Waals surface area contributed by atoms with Gasteiger partial charge >= 0.3 is 0 Å². The summed E-state index contributed by atoms with van der Waals surface area (Å²) in [6.45, 7) is 1.89. The molecule has 3 aromatic carbocycles. The Kier molecular flexibility index (Phi) is 7.27. The first-order valence-electron chi connectivity index (χ1n) is 9.89. The van der Waals surface area contributed by atoms with E-state index in [4.69, 9.17) is 0 Å². The van der Waals surface area contributed by atoms with Gasteiger partial charge in [-0.05, 0) is 36.1 Å². The maximum absolute atomic E-state index is 11.1. The summed E-state index contributed by atoms with van der Waals surface area (Å²) in [6, 6.07) is 32.0. The van der Waals surface area contributed by atoms with Crippen molar-refractivity contribution in [1.29, 1.82) is 0 Å². The Morgan fingerprint density at radius 2 is 1.29 bits per heavy atom. The van der Waals surface area contributed by atoms with E-state index in [0.717, 1.165) is 25.9 Å². The van der Waals surface area contributed by atoms with Crippen molar-refractivity contribution in [3.63, 3.8) is 0 Å². The zero-order valence-corrected chi connectivity index (χ0v) is 16.8. The number of aliphatic hydroxyl groups excluding tert-OH is 1. The van der Waals surface area contributed by atoms with E-state index in [0.29, 0.717) is 0 Å². The van der Waals surface area contributed by atoms with Crippen LogP contribution in [0.4, 0.5) is 0 Å². The van der Waals surface area contributed by atoms with Crippen molar-refractivity contribution in [3.8, 4) is 0 Å². The molecule has 1 N–H and O–H groups in total. The van der Waals surface area contributed by atoms with Gasteiger partial charge in [-0.15, -0.1) is 12.4 Å². The molecule has 1 fully saturated rings.